The molecule has 0 amide bonds. The van der Waals surface area contributed by atoms with E-state index in [0.717, 1.165) is 62.7 Å². The fourth-order valence-electron chi connectivity index (χ4n) is 5.46. The van der Waals surface area contributed by atoms with Gasteiger partial charge in [0.1, 0.15) is 5.78 Å². The van der Waals surface area contributed by atoms with Crippen molar-refractivity contribution in [2.75, 3.05) is 13.1 Å². The third-order valence-electron chi connectivity index (χ3n) is 7.30. The average molecular weight is 418 g/mol. The molecule has 1 aromatic carbocycles. The summed E-state index contributed by atoms with van der Waals surface area (Å²) in [5, 5.41) is 0. The van der Waals surface area contributed by atoms with E-state index in [9.17, 15) is 13.6 Å². The molecular weight excluding hydrogens is 380 g/mol. The summed E-state index contributed by atoms with van der Waals surface area (Å²) in [6.07, 6.45) is 7.89. The zero-order valence-corrected chi connectivity index (χ0v) is 19.1. The number of carbonyl (C=O) groups excluding carboxylic acids is 1. The molecule has 0 radical (unpaired) electrons. The second-order valence-corrected chi connectivity index (χ2v) is 10.7. The van der Waals surface area contributed by atoms with E-state index < -0.39 is 11.6 Å². The number of allylic oxidation sites excluding steroid dienone is 1. The number of piperidine rings is 1. The molecule has 2 atom stereocenters. The first-order chi connectivity index (χ1) is 14.0. The standard InChI is InChI=1S/C26H37F2NO/c1-6-7-12-26(5,24(30)17-25(2,3)4)19-10-13-29(14-11-19)23-9-8-18-15-21(27)22(28)16-20(18)23/h6,15-16,19,23H,1,7-14,17H2,2-5H3. The van der Waals surface area contributed by atoms with Crippen LogP contribution in [0.1, 0.15) is 83.4 Å². The van der Waals surface area contributed by atoms with Gasteiger partial charge in [0.05, 0.1) is 0 Å². The Bertz CT molecular complexity index is 789. The lowest BCUT2D eigenvalue weighted by Crippen LogP contribution is -2.45. The topological polar surface area (TPSA) is 20.3 Å². The van der Waals surface area contributed by atoms with E-state index in [4.69, 9.17) is 0 Å². The SMILES string of the molecule is C=CCCC(C)(C(=O)CC(C)(C)C)C1CCN(C2CCc3cc(F)c(F)cc32)CC1. The van der Waals surface area contributed by atoms with Crippen molar-refractivity contribution >= 4 is 5.78 Å². The molecule has 1 aliphatic carbocycles. The molecule has 1 fully saturated rings. The molecule has 1 aromatic rings. The molecule has 1 heterocycles. The highest BCUT2D eigenvalue weighted by molar-refractivity contribution is 5.85. The van der Waals surface area contributed by atoms with E-state index in [0.29, 0.717) is 18.1 Å². The van der Waals surface area contributed by atoms with E-state index >= 15 is 0 Å². The van der Waals surface area contributed by atoms with Gasteiger partial charge in [-0.3, -0.25) is 9.69 Å². The minimum atomic E-state index is -0.750. The number of likely N-dealkylation sites (tertiary alicyclic amines) is 1. The fraction of sp³-hybridized carbons (Fsp3) is 0.654. The van der Waals surface area contributed by atoms with E-state index in [-0.39, 0.29) is 16.9 Å². The second kappa shape index (κ2) is 8.90. The van der Waals surface area contributed by atoms with Crippen molar-refractivity contribution in [1.82, 2.24) is 4.90 Å². The highest BCUT2D eigenvalue weighted by atomic mass is 19.2. The lowest BCUT2D eigenvalue weighted by molar-refractivity contribution is -0.134. The van der Waals surface area contributed by atoms with Crippen molar-refractivity contribution in [3.8, 4) is 0 Å². The maximum Gasteiger partial charge on any atom is 0.159 e. The van der Waals surface area contributed by atoms with Crippen molar-refractivity contribution in [2.24, 2.45) is 16.7 Å². The van der Waals surface area contributed by atoms with Crippen LogP contribution >= 0.6 is 0 Å². The number of hydrogen-bond donors (Lipinski definition) is 0. The minimum Gasteiger partial charge on any atom is -0.299 e. The molecule has 0 spiro atoms. The van der Waals surface area contributed by atoms with Crippen LogP contribution in [-0.4, -0.2) is 23.8 Å². The summed E-state index contributed by atoms with van der Waals surface area (Å²) in [5.41, 5.74) is 1.55. The number of benzene rings is 1. The van der Waals surface area contributed by atoms with Crippen LogP contribution in [-0.2, 0) is 11.2 Å². The summed E-state index contributed by atoms with van der Waals surface area (Å²) in [6, 6.07) is 2.94. The first kappa shape index (κ1) is 23.1. The zero-order valence-electron chi connectivity index (χ0n) is 19.1. The zero-order chi connectivity index (χ0) is 22.1. The molecule has 166 valence electrons. The van der Waals surface area contributed by atoms with Crippen LogP contribution in [0.4, 0.5) is 8.78 Å². The van der Waals surface area contributed by atoms with Gasteiger partial charge in [0.25, 0.3) is 0 Å². The molecule has 0 bridgehead atoms. The van der Waals surface area contributed by atoms with Crippen molar-refractivity contribution in [1.29, 1.82) is 0 Å². The Labute approximate surface area is 180 Å². The summed E-state index contributed by atoms with van der Waals surface area (Å²) in [6.45, 7) is 14.2. The molecule has 2 unspecified atom stereocenters. The smallest absolute Gasteiger partial charge is 0.159 e. The summed E-state index contributed by atoms with van der Waals surface area (Å²) < 4.78 is 27.4. The van der Waals surface area contributed by atoms with E-state index in [1.165, 1.54) is 12.1 Å². The molecule has 3 rings (SSSR count). The second-order valence-electron chi connectivity index (χ2n) is 10.7. The summed E-state index contributed by atoms with van der Waals surface area (Å²) in [4.78, 5) is 15.7. The lowest BCUT2D eigenvalue weighted by atomic mass is 9.64. The number of hydrogen-bond acceptors (Lipinski definition) is 2. The van der Waals surface area contributed by atoms with Crippen LogP contribution in [0.2, 0.25) is 0 Å². The number of Topliss-reactive ketones (excluding diaryl/α,β-unsaturated/α-hetero) is 1. The third kappa shape index (κ3) is 4.85. The van der Waals surface area contributed by atoms with Gasteiger partial charge in [-0.15, -0.1) is 6.58 Å². The number of ketones is 1. The highest BCUT2D eigenvalue weighted by Gasteiger charge is 2.43. The van der Waals surface area contributed by atoms with E-state index in [1.54, 1.807) is 0 Å². The fourth-order valence-corrected chi connectivity index (χ4v) is 5.46. The molecule has 0 N–H and O–H groups in total. The molecule has 2 nitrogen and oxygen atoms in total. The van der Waals surface area contributed by atoms with Gasteiger partial charge in [0.2, 0.25) is 0 Å². The summed E-state index contributed by atoms with van der Waals surface area (Å²) in [7, 11) is 0. The van der Waals surface area contributed by atoms with Crippen LogP contribution in [0, 0.1) is 28.4 Å². The van der Waals surface area contributed by atoms with Crippen molar-refractivity contribution in [3.63, 3.8) is 0 Å². The Hall–Kier alpha value is -1.55. The maximum atomic E-state index is 13.8. The van der Waals surface area contributed by atoms with Crippen LogP contribution in [0.3, 0.4) is 0 Å². The molecule has 2 aliphatic rings. The van der Waals surface area contributed by atoms with Crippen molar-refractivity contribution in [3.05, 3.63) is 47.5 Å². The monoisotopic (exact) mass is 417 g/mol. The summed E-state index contributed by atoms with van der Waals surface area (Å²) >= 11 is 0. The molecule has 0 saturated carbocycles. The molecule has 0 aromatic heterocycles. The third-order valence-corrected chi connectivity index (χ3v) is 7.30. The molecule has 1 saturated heterocycles. The molecular formula is C26H37F2NO. The van der Waals surface area contributed by atoms with Gasteiger partial charge >= 0.3 is 0 Å². The normalized spacial score (nSPS) is 22.5. The maximum absolute atomic E-state index is 13.8. The highest BCUT2D eigenvalue weighted by Crippen LogP contribution is 2.45. The molecule has 4 heteroatoms. The van der Waals surface area contributed by atoms with Gasteiger partial charge in [-0.1, -0.05) is 33.8 Å². The predicted molar refractivity (Wildman–Crippen MR) is 118 cm³/mol. The number of rotatable bonds is 7. The Morgan fingerprint density at radius 3 is 2.37 bits per heavy atom. The van der Waals surface area contributed by atoms with Gasteiger partial charge in [0, 0.05) is 17.9 Å². The van der Waals surface area contributed by atoms with Gasteiger partial charge in [-0.05, 0) is 86.2 Å². The number of aryl methyl sites for hydroxylation is 1. The Balaban J connectivity index is 1.71. The summed E-state index contributed by atoms with van der Waals surface area (Å²) in [5.74, 6) is -0.766. The molecule has 30 heavy (non-hydrogen) atoms. The first-order valence-electron chi connectivity index (χ1n) is 11.4. The number of fused-ring (bicyclic) bond motifs is 1. The minimum absolute atomic E-state index is 0.0138. The Morgan fingerprint density at radius 2 is 1.77 bits per heavy atom. The van der Waals surface area contributed by atoms with Crippen molar-refractivity contribution < 1.29 is 13.6 Å². The number of halogens is 2. The van der Waals surface area contributed by atoms with Crippen LogP contribution in [0.25, 0.3) is 0 Å². The number of carbonyl (C=O) groups is 1. The van der Waals surface area contributed by atoms with Crippen LogP contribution in [0.15, 0.2) is 24.8 Å². The lowest BCUT2D eigenvalue weighted by Gasteiger charge is -2.44. The predicted octanol–water partition coefficient (Wildman–Crippen LogP) is 6.64. The van der Waals surface area contributed by atoms with E-state index in [1.807, 2.05) is 6.08 Å². The van der Waals surface area contributed by atoms with Gasteiger partial charge in [-0.25, -0.2) is 8.78 Å². The largest absolute Gasteiger partial charge is 0.299 e. The first-order valence-corrected chi connectivity index (χ1v) is 11.4. The number of nitrogens with zero attached hydrogens (tertiary/aromatic N) is 1. The van der Waals surface area contributed by atoms with Crippen LogP contribution < -0.4 is 0 Å². The average Bonchev–Trinajstić information content (AvgIpc) is 3.07. The van der Waals surface area contributed by atoms with Crippen molar-refractivity contribution in [2.45, 2.75) is 78.7 Å². The van der Waals surface area contributed by atoms with Crippen LogP contribution in [0.5, 0.6) is 0 Å². The Kier molecular flexibility index (Phi) is 6.86. The quantitative estimate of drug-likeness (QED) is 0.463. The van der Waals surface area contributed by atoms with Gasteiger partial charge in [-0.2, -0.15) is 0 Å². The van der Waals surface area contributed by atoms with Gasteiger partial charge < -0.3 is 0 Å². The molecule has 1 aliphatic heterocycles. The van der Waals surface area contributed by atoms with E-state index in [2.05, 4.69) is 39.2 Å². The Morgan fingerprint density at radius 1 is 1.13 bits per heavy atom. The van der Waals surface area contributed by atoms with Gasteiger partial charge in [0.15, 0.2) is 11.6 Å².